The molecule has 0 radical (unpaired) electrons. The molecule has 4 aromatic rings. The van der Waals surface area contributed by atoms with Crippen LogP contribution in [0.2, 0.25) is 5.02 Å². The van der Waals surface area contributed by atoms with E-state index in [0.29, 0.717) is 11.4 Å². The van der Waals surface area contributed by atoms with Crippen LogP contribution in [-0.4, -0.2) is 37.3 Å². The Kier molecular flexibility index (Phi) is 9.11. The molecule has 8 nitrogen and oxygen atoms in total. The first-order valence-corrected chi connectivity index (χ1v) is 11.6. The Labute approximate surface area is 214 Å². The maximum atomic E-state index is 9.64. The SMILES string of the molecule is Clc1ccc(Nc2nnc(Cc3ccncc3)c3c(I)cccc23)cc1.O=C(O)CCC(=O)O. The van der Waals surface area contributed by atoms with Crippen molar-refractivity contribution < 1.29 is 19.8 Å². The van der Waals surface area contributed by atoms with Gasteiger partial charge in [-0.25, -0.2) is 0 Å². The lowest BCUT2D eigenvalue weighted by atomic mass is 10.0. The summed E-state index contributed by atoms with van der Waals surface area (Å²) in [6.07, 6.45) is 3.72. The summed E-state index contributed by atoms with van der Waals surface area (Å²) in [6, 6.07) is 17.8. The normalized spacial score (nSPS) is 10.3. The number of pyridine rings is 1. The molecule has 0 amide bonds. The molecule has 0 aliphatic carbocycles. The van der Waals surface area contributed by atoms with Crippen molar-refractivity contribution in [2.45, 2.75) is 19.3 Å². The van der Waals surface area contributed by atoms with Crippen molar-refractivity contribution in [1.82, 2.24) is 15.2 Å². The van der Waals surface area contributed by atoms with Gasteiger partial charge >= 0.3 is 11.9 Å². The number of hydrogen-bond donors (Lipinski definition) is 3. The molecule has 174 valence electrons. The number of aliphatic carboxylic acids is 2. The fourth-order valence-electron chi connectivity index (χ4n) is 3.02. The van der Waals surface area contributed by atoms with Crippen molar-refractivity contribution in [3.63, 3.8) is 0 Å². The van der Waals surface area contributed by atoms with E-state index in [1.54, 1.807) is 12.4 Å². The lowest BCUT2D eigenvalue weighted by Crippen LogP contribution is -2.03. The summed E-state index contributed by atoms with van der Waals surface area (Å²) < 4.78 is 1.15. The second-order valence-corrected chi connectivity index (χ2v) is 8.71. The molecule has 0 unspecified atom stereocenters. The smallest absolute Gasteiger partial charge is 0.303 e. The van der Waals surface area contributed by atoms with Crippen LogP contribution in [0.15, 0.2) is 67.0 Å². The fraction of sp³-hybridized carbons (Fsp3) is 0.125. The molecule has 2 heterocycles. The van der Waals surface area contributed by atoms with Crippen LogP contribution in [0.3, 0.4) is 0 Å². The minimum absolute atomic E-state index is 0.296. The van der Waals surface area contributed by atoms with Gasteiger partial charge in [0.05, 0.1) is 18.5 Å². The van der Waals surface area contributed by atoms with Crippen molar-refractivity contribution in [3.8, 4) is 0 Å². The first kappa shape index (κ1) is 25.3. The number of nitrogens with one attached hydrogen (secondary N) is 1. The molecule has 3 N–H and O–H groups in total. The number of aromatic nitrogens is 3. The number of carbonyl (C=O) groups is 2. The quantitative estimate of drug-likeness (QED) is 0.239. The predicted molar refractivity (Wildman–Crippen MR) is 139 cm³/mol. The zero-order chi connectivity index (χ0) is 24.5. The molecule has 0 saturated carbocycles. The van der Waals surface area contributed by atoms with E-state index >= 15 is 0 Å². The van der Waals surface area contributed by atoms with E-state index in [1.165, 1.54) is 0 Å². The van der Waals surface area contributed by atoms with Crippen LogP contribution in [0.4, 0.5) is 11.5 Å². The van der Waals surface area contributed by atoms with Gasteiger partial charge in [-0.1, -0.05) is 23.7 Å². The van der Waals surface area contributed by atoms with E-state index in [1.807, 2.05) is 42.5 Å². The molecule has 0 spiro atoms. The van der Waals surface area contributed by atoms with Gasteiger partial charge in [0, 0.05) is 43.9 Å². The Hall–Kier alpha value is -3.31. The Morgan fingerprint density at radius 2 is 1.56 bits per heavy atom. The highest BCUT2D eigenvalue weighted by molar-refractivity contribution is 14.1. The van der Waals surface area contributed by atoms with E-state index in [9.17, 15) is 9.59 Å². The summed E-state index contributed by atoms with van der Waals surface area (Å²) in [7, 11) is 0. The third kappa shape index (κ3) is 7.35. The standard InChI is InChI=1S/C20H14ClIN4.C4H6O4/c21-14-4-6-15(7-5-14)24-20-16-2-1-3-17(22)19(16)18(25-26-20)12-13-8-10-23-11-9-13;5-3(6)1-2-4(7)8/h1-11H,12H2,(H,24,26);1-2H2,(H,5,6)(H,7,8). The van der Waals surface area contributed by atoms with Gasteiger partial charge < -0.3 is 15.5 Å². The van der Waals surface area contributed by atoms with Crippen LogP contribution in [0.25, 0.3) is 10.8 Å². The number of carboxylic acids is 2. The Morgan fingerprint density at radius 3 is 2.18 bits per heavy atom. The number of benzene rings is 2. The molecule has 2 aromatic heterocycles. The van der Waals surface area contributed by atoms with Gasteiger partial charge in [0.15, 0.2) is 5.82 Å². The van der Waals surface area contributed by atoms with Crippen LogP contribution < -0.4 is 5.32 Å². The largest absolute Gasteiger partial charge is 0.481 e. The lowest BCUT2D eigenvalue weighted by Gasteiger charge is -2.12. The van der Waals surface area contributed by atoms with E-state index in [-0.39, 0.29) is 12.8 Å². The van der Waals surface area contributed by atoms with Crippen molar-refractivity contribution in [2.24, 2.45) is 0 Å². The summed E-state index contributed by atoms with van der Waals surface area (Å²) in [5, 5.41) is 31.0. The molecule has 10 heteroatoms. The molecule has 0 saturated heterocycles. The molecule has 2 aromatic carbocycles. The number of anilines is 2. The predicted octanol–water partition coefficient (Wildman–Crippen LogP) is 5.55. The van der Waals surface area contributed by atoms with E-state index < -0.39 is 11.9 Å². The van der Waals surface area contributed by atoms with E-state index in [2.05, 4.69) is 55.2 Å². The van der Waals surface area contributed by atoms with Crippen LogP contribution in [0.5, 0.6) is 0 Å². The first-order valence-electron chi connectivity index (χ1n) is 10.1. The molecular formula is C24H20ClIN4O4. The Morgan fingerprint density at radius 1 is 0.912 bits per heavy atom. The minimum Gasteiger partial charge on any atom is -0.481 e. The fourth-order valence-corrected chi connectivity index (χ4v) is 3.96. The maximum Gasteiger partial charge on any atom is 0.303 e. The van der Waals surface area contributed by atoms with Gasteiger partial charge in [-0.15, -0.1) is 5.10 Å². The summed E-state index contributed by atoms with van der Waals surface area (Å²) in [6.45, 7) is 0. The topological polar surface area (TPSA) is 125 Å². The van der Waals surface area contributed by atoms with Crippen LogP contribution in [0.1, 0.15) is 24.1 Å². The van der Waals surface area contributed by atoms with Gasteiger partial charge in [-0.05, 0) is 70.6 Å². The molecule has 0 aliphatic heterocycles. The number of rotatable bonds is 7. The molecular weight excluding hydrogens is 571 g/mol. The van der Waals surface area contributed by atoms with Crippen LogP contribution >= 0.6 is 34.2 Å². The van der Waals surface area contributed by atoms with Crippen molar-refractivity contribution >= 4 is 68.4 Å². The van der Waals surface area contributed by atoms with Crippen molar-refractivity contribution in [2.75, 3.05) is 5.32 Å². The number of carboxylic acid groups (broad SMARTS) is 2. The van der Waals surface area contributed by atoms with Crippen molar-refractivity contribution in [3.05, 3.63) is 86.8 Å². The van der Waals surface area contributed by atoms with Gasteiger partial charge in [-0.3, -0.25) is 14.6 Å². The van der Waals surface area contributed by atoms with Crippen molar-refractivity contribution in [1.29, 1.82) is 0 Å². The third-order valence-electron chi connectivity index (χ3n) is 4.61. The highest BCUT2D eigenvalue weighted by Crippen LogP contribution is 2.30. The molecule has 0 aliphatic rings. The zero-order valence-corrected chi connectivity index (χ0v) is 20.7. The second kappa shape index (κ2) is 12.2. The number of halogens is 2. The van der Waals surface area contributed by atoms with Gasteiger partial charge in [0.1, 0.15) is 0 Å². The summed E-state index contributed by atoms with van der Waals surface area (Å²) in [5.41, 5.74) is 3.04. The molecule has 0 fully saturated rings. The highest BCUT2D eigenvalue weighted by atomic mass is 127. The lowest BCUT2D eigenvalue weighted by molar-refractivity contribution is -0.143. The van der Waals surface area contributed by atoms with Crippen LogP contribution in [0, 0.1) is 3.57 Å². The highest BCUT2D eigenvalue weighted by Gasteiger charge is 2.13. The third-order valence-corrected chi connectivity index (χ3v) is 5.76. The number of hydrogen-bond acceptors (Lipinski definition) is 6. The Bertz CT molecular complexity index is 1270. The van der Waals surface area contributed by atoms with Gasteiger partial charge in [0.25, 0.3) is 0 Å². The monoisotopic (exact) mass is 590 g/mol. The molecule has 34 heavy (non-hydrogen) atoms. The summed E-state index contributed by atoms with van der Waals surface area (Å²) >= 11 is 8.32. The van der Waals surface area contributed by atoms with Crippen LogP contribution in [-0.2, 0) is 16.0 Å². The first-order chi connectivity index (χ1) is 16.3. The zero-order valence-electron chi connectivity index (χ0n) is 17.8. The summed E-state index contributed by atoms with van der Waals surface area (Å²) in [4.78, 5) is 23.4. The maximum absolute atomic E-state index is 9.64. The number of nitrogens with zero attached hydrogens (tertiary/aromatic N) is 3. The summed E-state index contributed by atoms with van der Waals surface area (Å²) in [5.74, 6) is -1.42. The Balaban J connectivity index is 0.000000350. The minimum atomic E-state index is -1.08. The second-order valence-electron chi connectivity index (χ2n) is 7.11. The van der Waals surface area contributed by atoms with Gasteiger partial charge in [0.2, 0.25) is 0 Å². The van der Waals surface area contributed by atoms with Gasteiger partial charge in [-0.2, -0.15) is 5.10 Å². The molecule has 0 bridgehead atoms. The van der Waals surface area contributed by atoms with E-state index in [0.717, 1.165) is 37.1 Å². The molecule has 4 rings (SSSR count). The molecule has 0 atom stereocenters. The number of fused-ring (bicyclic) bond motifs is 1. The average Bonchev–Trinajstić information content (AvgIpc) is 2.82. The average molecular weight is 591 g/mol. The van der Waals surface area contributed by atoms with E-state index in [4.69, 9.17) is 21.8 Å².